The summed E-state index contributed by atoms with van der Waals surface area (Å²) < 4.78 is 1.84. The second-order valence-electron chi connectivity index (χ2n) is 5.65. The largest absolute Gasteiger partial charge is 0.392 e. The maximum absolute atomic E-state index is 9.79. The van der Waals surface area contributed by atoms with E-state index < -0.39 is 6.10 Å². The summed E-state index contributed by atoms with van der Waals surface area (Å²) >= 11 is 6.07. The van der Waals surface area contributed by atoms with Crippen LogP contribution >= 0.6 is 11.6 Å². The van der Waals surface area contributed by atoms with Crippen molar-refractivity contribution in [2.75, 3.05) is 0 Å². The fraction of sp³-hybridized carbons (Fsp3) is 0.467. The van der Waals surface area contributed by atoms with Crippen molar-refractivity contribution >= 4 is 11.6 Å². The number of benzene rings is 1. The first-order chi connectivity index (χ1) is 10.0. The Bertz CT molecular complexity index is 642. The van der Waals surface area contributed by atoms with Gasteiger partial charge < -0.3 is 10.8 Å². The third-order valence-electron chi connectivity index (χ3n) is 4.02. The van der Waals surface area contributed by atoms with E-state index in [1.807, 2.05) is 35.9 Å². The van der Waals surface area contributed by atoms with Crippen molar-refractivity contribution in [3.63, 3.8) is 0 Å². The fourth-order valence-electron chi connectivity index (χ4n) is 2.92. The van der Waals surface area contributed by atoms with E-state index in [0.717, 1.165) is 30.2 Å². The van der Waals surface area contributed by atoms with Crippen molar-refractivity contribution in [1.82, 2.24) is 14.8 Å². The molecule has 1 aromatic carbocycles. The van der Waals surface area contributed by atoms with Gasteiger partial charge in [-0.15, -0.1) is 0 Å². The summed E-state index contributed by atoms with van der Waals surface area (Å²) in [5, 5.41) is 14.9. The molecule has 6 heteroatoms. The highest BCUT2D eigenvalue weighted by Crippen LogP contribution is 2.32. The highest BCUT2D eigenvalue weighted by atomic mass is 35.5. The molecule has 0 aliphatic heterocycles. The number of aryl methyl sites for hydroxylation is 1. The first-order valence-corrected chi connectivity index (χ1v) is 7.55. The molecule has 0 unspecified atom stereocenters. The second-order valence-corrected chi connectivity index (χ2v) is 6.09. The maximum Gasteiger partial charge on any atom is 0.148 e. The molecule has 3 atom stereocenters. The van der Waals surface area contributed by atoms with Gasteiger partial charge in [0.2, 0.25) is 0 Å². The molecule has 1 heterocycles. The quantitative estimate of drug-likeness (QED) is 0.891. The number of aliphatic hydroxyl groups is 1. The Labute approximate surface area is 128 Å². The lowest BCUT2D eigenvalue weighted by molar-refractivity contribution is 0.0989. The van der Waals surface area contributed by atoms with E-state index in [9.17, 15) is 5.11 Å². The van der Waals surface area contributed by atoms with E-state index in [-0.39, 0.29) is 12.0 Å². The molecule has 0 amide bonds. The zero-order chi connectivity index (χ0) is 15.0. The molecule has 3 rings (SSSR count). The molecular formula is C15H19ClN4O. The van der Waals surface area contributed by atoms with E-state index in [2.05, 4.69) is 10.1 Å². The molecule has 1 aliphatic rings. The van der Waals surface area contributed by atoms with Crippen LogP contribution in [0, 0.1) is 6.92 Å². The number of nitrogens with two attached hydrogens (primary N) is 1. The molecule has 1 fully saturated rings. The summed E-state index contributed by atoms with van der Waals surface area (Å²) in [7, 11) is 0. The molecule has 0 bridgehead atoms. The van der Waals surface area contributed by atoms with Crippen LogP contribution in [0.1, 0.15) is 36.8 Å². The SMILES string of the molecule is Cc1nc([C@H]2CC[C@@H](O)[C@H](N)C2)n(-c2cccc(Cl)c2)n1. The lowest BCUT2D eigenvalue weighted by Gasteiger charge is -2.30. The van der Waals surface area contributed by atoms with E-state index in [0.29, 0.717) is 11.4 Å². The summed E-state index contributed by atoms with van der Waals surface area (Å²) in [6.07, 6.45) is 1.88. The Balaban J connectivity index is 1.96. The van der Waals surface area contributed by atoms with Crippen LogP contribution in [0.4, 0.5) is 0 Å². The highest BCUT2D eigenvalue weighted by molar-refractivity contribution is 6.30. The smallest absolute Gasteiger partial charge is 0.148 e. The first-order valence-electron chi connectivity index (χ1n) is 7.17. The minimum atomic E-state index is -0.412. The Morgan fingerprint density at radius 2 is 2.19 bits per heavy atom. The van der Waals surface area contributed by atoms with Crippen LogP contribution in [0.5, 0.6) is 0 Å². The van der Waals surface area contributed by atoms with E-state index in [1.165, 1.54) is 0 Å². The first kappa shape index (κ1) is 14.5. The predicted molar refractivity (Wildman–Crippen MR) is 81.7 cm³/mol. The molecule has 1 saturated carbocycles. The standard InChI is InChI=1S/C15H19ClN4O/c1-9-18-15(10-5-6-14(21)13(17)7-10)20(19-9)12-4-2-3-11(16)8-12/h2-4,8,10,13-14,21H,5-7,17H2,1H3/t10-,13+,14+/m0/s1. The van der Waals surface area contributed by atoms with Crippen LogP contribution in [0.3, 0.4) is 0 Å². The van der Waals surface area contributed by atoms with Crippen molar-refractivity contribution in [2.24, 2.45) is 5.73 Å². The van der Waals surface area contributed by atoms with Gasteiger partial charge in [0.05, 0.1) is 11.8 Å². The predicted octanol–water partition coefficient (Wildman–Crippen LogP) is 2.18. The van der Waals surface area contributed by atoms with Gasteiger partial charge in [-0.2, -0.15) is 5.10 Å². The molecule has 112 valence electrons. The van der Waals surface area contributed by atoms with Gasteiger partial charge in [0.1, 0.15) is 11.6 Å². The van der Waals surface area contributed by atoms with E-state index in [4.69, 9.17) is 17.3 Å². The van der Waals surface area contributed by atoms with E-state index in [1.54, 1.807) is 0 Å². The number of hydrogen-bond donors (Lipinski definition) is 2. The Kier molecular flexibility index (Phi) is 3.97. The van der Waals surface area contributed by atoms with Crippen LogP contribution in [-0.4, -0.2) is 32.0 Å². The number of hydrogen-bond acceptors (Lipinski definition) is 4. The summed E-state index contributed by atoms with van der Waals surface area (Å²) in [5.41, 5.74) is 6.90. The molecular weight excluding hydrogens is 288 g/mol. The topological polar surface area (TPSA) is 77.0 Å². The Morgan fingerprint density at radius 1 is 1.38 bits per heavy atom. The van der Waals surface area contributed by atoms with E-state index >= 15 is 0 Å². The van der Waals surface area contributed by atoms with Gasteiger partial charge in [0, 0.05) is 17.0 Å². The summed E-state index contributed by atoms with van der Waals surface area (Å²) in [4.78, 5) is 4.57. The minimum Gasteiger partial charge on any atom is -0.392 e. The number of rotatable bonds is 2. The average molecular weight is 307 g/mol. The summed E-state index contributed by atoms with van der Waals surface area (Å²) in [5.74, 6) is 1.84. The zero-order valence-electron chi connectivity index (χ0n) is 11.9. The third kappa shape index (κ3) is 2.95. The lowest BCUT2D eigenvalue weighted by atomic mass is 9.83. The Morgan fingerprint density at radius 3 is 2.90 bits per heavy atom. The number of aromatic nitrogens is 3. The molecule has 0 saturated heterocycles. The minimum absolute atomic E-state index is 0.200. The van der Waals surface area contributed by atoms with Gasteiger partial charge in [-0.1, -0.05) is 17.7 Å². The van der Waals surface area contributed by atoms with Crippen LogP contribution in [0.2, 0.25) is 5.02 Å². The molecule has 5 nitrogen and oxygen atoms in total. The number of aliphatic hydroxyl groups excluding tert-OH is 1. The van der Waals surface area contributed by atoms with Crippen LogP contribution in [-0.2, 0) is 0 Å². The van der Waals surface area contributed by atoms with Crippen molar-refractivity contribution in [3.05, 3.63) is 40.9 Å². The van der Waals surface area contributed by atoms with Gasteiger partial charge in [-0.3, -0.25) is 0 Å². The maximum atomic E-state index is 9.79. The summed E-state index contributed by atoms with van der Waals surface area (Å²) in [6.45, 7) is 1.88. The molecule has 1 aromatic heterocycles. The lowest BCUT2D eigenvalue weighted by Crippen LogP contribution is -2.40. The van der Waals surface area contributed by atoms with Gasteiger partial charge in [-0.05, 0) is 44.4 Å². The monoisotopic (exact) mass is 306 g/mol. The van der Waals surface area contributed by atoms with Crippen LogP contribution in [0.15, 0.2) is 24.3 Å². The van der Waals surface area contributed by atoms with Crippen LogP contribution < -0.4 is 5.73 Å². The van der Waals surface area contributed by atoms with Gasteiger partial charge in [-0.25, -0.2) is 9.67 Å². The molecule has 2 aromatic rings. The molecule has 3 N–H and O–H groups in total. The molecule has 21 heavy (non-hydrogen) atoms. The molecule has 1 aliphatic carbocycles. The third-order valence-corrected chi connectivity index (χ3v) is 4.25. The van der Waals surface area contributed by atoms with Gasteiger partial charge >= 0.3 is 0 Å². The zero-order valence-corrected chi connectivity index (χ0v) is 12.7. The molecule has 0 spiro atoms. The highest BCUT2D eigenvalue weighted by Gasteiger charge is 2.30. The van der Waals surface area contributed by atoms with Gasteiger partial charge in [0.25, 0.3) is 0 Å². The average Bonchev–Trinajstić information content (AvgIpc) is 2.84. The van der Waals surface area contributed by atoms with Crippen molar-refractivity contribution in [1.29, 1.82) is 0 Å². The van der Waals surface area contributed by atoms with Crippen molar-refractivity contribution in [2.45, 2.75) is 44.2 Å². The van der Waals surface area contributed by atoms with Crippen LogP contribution in [0.25, 0.3) is 5.69 Å². The van der Waals surface area contributed by atoms with Crippen molar-refractivity contribution in [3.8, 4) is 5.69 Å². The number of nitrogens with zero attached hydrogens (tertiary/aromatic N) is 3. The summed E-state index contributed by atoms with van der Waals surface area (Å²) in [6, 6.07) is 7.36. The fourth-order valence-corrected chi connectivity index (χ4v) is 3.10. The normalized spacial score (nSPS) is 26.0. The Hall–Kier alpha value is -1.43. The second kappa shape index (κ2) is 5.75. The molecule has 0 radical (unpaired) electrons. The van der Waals surface area contributed by atoms with Crippen molar-refractivity contribution < 1.29 is 5.11 Å². The van der Waals surface area contributed by atoms with Gasteiger partial charge in [0.15, 0.2) is 0 Å². The number of halogens is 1.